The third-order valence-corrected chi connectivity index (χ3v) is 6.54. The molecular weight excluding hydrogens is 418 g/mol. The Balaban J connectivity index is 1.56. The summed E-state index contributed by atoms with van der Waals surface area (Å²) >= 11 is 0. The Morgan fingerprint density at radius 2 is 0.912 bits per heavy atom. The molecule has 0 aliphatic rings. The molecule has 0 saturated heterocycles. The second-order valence-corrected chi connectivity index (χ2v) is 8.41. The first-order chi connectivity index (χ1) is 16.8. The molecule has 158 valence electrons. The third-order valence-electron chi connectivity index (χ3n) is 6.54. The molecule has 0 N–H and O–H groups in total. The molecule has 0 aliphatic carbocycles. The molecule has 2 heterocycles. The molecule has 0 atom stereocenters. The molecule has 5 aromatic carbocycles. The van der Waals surface area contributed by atoms with Gasteiger partial charge in [-0.15, -0.1) is 0 Å². The maximum atomic E-state index is 9.56. The van der Waals surface area contributed by atoms with Crippen LogP contribution in [0.5, 0.6) is 0 Å². The van der Waals surface area contributed by atoms with Crippen LogP contribution in [0.1, 0.15) is 5.56 Å². The van der Waals surface area contributed by atoms with Crippen molar-refractivity contribution >= 4 is 43.9 Å². The Hall–Kier alpha value is -4.81. The van der Waals surface area contributed by atoms with Crippen LogP contribution in [-0.4, -0.2) is 0 Å². The van der Waals surface area contributed by atoms with Gasteiger partial charge in [-0.1, -0.05) is 97.1 Å². The first-order valence-corrected chi connectivity index (χ1v) is 11.2. The fourth-order valence-electron chi connectivity index (χ4n) is 5.00. The zero-order valence-electron chi connectivity index (χ0n) is 18.1. The summed E-state index contributed by atoms with van der Waals surface area (Å²) in [6.45, 7) is 0. The largest absolute Gasteiger partial charge is 0.455 e. The summed E-state index contributed by atoms with van der Waals surface area (Å²) in [6, 6.07) is 36.9. The van der Waals surface area contributed by atoms with Crippen LogP contribution in [0.4, 0.5) is 0 Å². The lowest BCUT2D eigenvalue weighted by atomic mass is 9.99. The molecule has 2 aromatic heterocycles. The number of furan rings is 2. The van der Waals surface area contributed by atoms with Crippen LogP contribution in [0.15, 0.2) is 112 Å². The van der Waals surface area contributed by atoms with Crippen molar-refractivity contribution < 1.29 is 8.83 Å². The molecule has 0 unspecified atom stereocenters. The van der Waals surface area contributed by atoms with E-state index in [9.17, 15) is 5.26 Å². The van der Waals surface area contributed by atoms with Gasteiger partial charge in [0.2, 0.25) is 0 Å². The predicted molar refractivity (Wildman–Crippen MR) is 137 cm³/mol. The van der Waals surface area contributed by atoms with E-state index in [0.29, 0.717) is 11.1 Å². The third kappa shape index (κ3) is 2.57. The van der Waals surface area contributed by atoms with E-state index >= 15 is 0 Å². The Labute approximate surface area is 195 Å². The summed E-state index contributed by atoms with van der Waals surface area (Å²) in [6.07, 6.45) is 0. The summed E-state index contributed by atoms with van der Waals surface area (Å²) in [5, 5.41) is 13.6. The minimum absolute atomic E-state index is 0.536. The number of nitriles is 1. The number of benzene rings is 5. The van der Waals surface area contributed by atoms with Crippen LogP contribution < -0.4 is 0 Å². The van der Waals surface area contributed by atoms with E-state index in [1.165, 1.54) is 0 Å². The van der Waals surface area contributed by atoms with Gasteiger partial charge in [0, 0.05) is 38.2 Å². The number of rotatable bonds is 2. The highest BCUT2D eigenvalue weighted by Crippen LogP contribution is 2.43. The zero-order chi connectivity index (χ0) is 22.6. The topological polar surface area (TPSA) is 50.1 Å². The van der Waals surface area contributed by atoms with E-state index in [2.05, 4.69) is 60.7 Å². The molecule has 7 rings (SSSR count). The zero-order valence-corrected chi connectivity index (χ0v) is 18.1. The molecule has 34 heavy (non-hydrogen) atoms. The normalized spacial score (nSPS) is 11.5. The Morgan fingerprint density at radius 3 is 1.50 bits per heavy atom. The number of fused-ring (bicyclic) bond motifs is 6. The van der Waals surface area contributed by atoms with E-state index in [1.807, 2.05) is 42.5 Å². The van der Waals surface area contributed by atoms with Crippen molar-refractivity contribution in [3.05, 3.63) is 109 Å². The molecule has 7 aromatic rings. The van der Waals surface area contributed by atoms with E-state index in [0.717, 1.165) is 60.5 Å². The highest BCUT2D eigenvalue weighted by Gasteiger charge is 2.19. The molecule has 0 saturated carbocycles. The Kier molecular flexibility index (Phi) is 3.91. The van der Waals surface area contributed by atoms with Crippen molar-refractivity contribution in [3.63, 3.8) is 0 Å². The van der Waals surface area contributed by atoms with Crippen LogP contribution in [0.3, 0.4) is 0 Å². The van der Waals surface area contributed by atoms with Gasteiger partial charge in [0.05, 0.1) is 5.56 Å². The first-order valence-electron chi connectivity index (χ1n) is 11.2. The quantitative estimate of drug-likeness (QED) is 0.273. The lowest BCUT2D eigenvalue weighted by Crippen LogP contribution is -1.80. The fraction of sp³-hybridized carbons (Fsp3) is 0. The molecule has 3 nitrogen and oxygen atoms in total. The van der Waals surface area contributed by atoms with Gasteiger partial charge in [0.25, 0.3) is 0 Å². The first kappa shape index (κ1) is 18.7. The second-order valence-electron chi connectivity index (χ2n) is 8.41. The Morgan fingerprint density at radius 1 is 0.441 bits per heavy atom. The smallest absolute Gasteiger partial charge is 0.153 e. The molecular formula is C31H17NO2. The van der Waals surface area contributed by atoms with Gasteiger partial charge in [-0.3, -0.25) is 0 Å². The molecule has 0 spiro atoms. The second kappa shape index (κ2) is 7.10. The molecule has 0 aliphatic heterocycles. The van der Waals surface area contributed by atoms with Gasteiger partial charge < -0.3 is 8.83 Å². The summed E-state index contributed by atoms with van der Waals surface area (Å²) in [5.41, 5.74) is 7.73. The number of hydrogen-bond acceptors (Lipinski definition) is 3. The van der Waals surface area contributed by atoms with E-state index in [-0.39, 0.29) is 0 Å². The minimum Gasteiger partial charge on any atom is -0.455 e. The summed E-state index contributed by atoms with van der Waals surface area (Å²) in [5.74, 6) is 0. The van der Waals surface area contributed by atoms with Crippen molar-refractivity contribution in [3.8, 4) is 28.3 Å². The number of para-hydroxylation sites is 4. The molecule has 3 heteroatoms. The highest BCUT2D eigenvalue weighted by atomic mass is 16.3. The van der Waals surface area contributed by atoms with Crippen molar-refractivity contribution in [1.82, 2.24) is 0 Å². The fourth-order valence-corrected chi connectivity index (χ4v) is 5.00. The van der Waals surface area contributed by atoms with Gasteiger partial charge in [-0.25, -0.2) is 0 Å². The van der Waals surface area contributed by atoms with Gasteiger partial charge in [-0.2, -0.15) is 5.26 Å². The molecule has 0 bridgehead atoms. The van der Waals surface area contributed by atoms with E-state index < -0.39 is 0 Å². The van der Waals surface area contributed by atoms with Crippen LogP contribution >= 0.6 is 0 Å². The molecule has 0 fully saturated rings. The average Bonchev–Trinajstić information content (AvgIpc) is 3.47. The van der Waals surface area contributed by atoms with E-state index in [4.69, 9.17) is 8.83 Å². The number of nitrogens with zero attached hydrogens (tertiary/aromatic N) is 1. The SMILES string of the molecule is N#Cc1cccc2c1oc1c(-c3cccc4c3oc3c(-c5ccccc5)cccc34)cccc12. The van der Waals surface area contributed by atoms with E-state index in [1.54, 1.807) is 6.07 Å². The van der Waals surface area contributed by atoms with Crippen molar-refractivity contribution in [2.75, 3.05) is 0 Å². The summed E-state index contributed by atoms with van der Waals surface area (Å²) in [4.78, 5) is 0. The van der Waals surface area contributed by atoms with Gasteiger partial charge in [-0.05, 0) is 11.6 Å². The monoisotopic (exact) mass is 435 g/mol. The van der Waals surface area contributed by atoms with Gasteiger partial charge in [0.15, 0.2) is 5.58 Å². The molecule has 0 amide bonds. The van der Waals surface area contributed by atoms with Crippen molar-refractivity contribution in [1.29, 1.82) is 5.26 Å². The van der Waals surface area contributed by atoms with Gasteiger partial charge in [0.1, 0.15) is 22.8 Å². The maximum absolute atomic E-state index is 9.56. The van der Waals surface area contributed by atoms with Crippen LogP contribution in [0.25, 0.3) is 66.1 Å². The Bertz CT molecular complexity index is 1920. The van der Waals surface area contributed by atoms with Crippen molar-refractivity contribution in [2.45, 2.75) is 0 Å². The maximum Gasteiger partial charge on any atom is 0.153 e. The van der Waals surface area contributed by atoms with Crippen LogP contribution in [0, 0.1) is 11.3 Å². The molecule has 0 radical (unpaired) electrons. The minimum atomic E-state index is 0.536. The van der Waals surface area contributed by atoms with Crippen molar-refractivity contribution in [2.24, 2.45) is 0 Å². The number of hydrogen-bond donors (Lipinski definition) is 0. The lowest BCUT2D eigenvalue weighted by molar-refractivity contribution is 0.665. The average molecular weight is 435 g/mol. The summed E-state index contributed by atoms with van der Waals surface area (Å²) < 4.78 is 12.9. The standard InChI is InChI=1S/C31H17NO2/c32-18-20-10-4-12-22-23-14-6-16-26(30(23)33-28(20)22)27-17-7-15-25-24-13-5-11-21(29(24)34-31(25)27)19-8-2-1-3-9-19/h1-17H. The van der Waals surface area contributed by atoms with Gasteiger partial charge >= 0.3 is 0 Å². The van der Waals surface area contributed by atoms with Crippen LogP contribution in [0.2, 0.25) is 0 Å². The van der Waals surface area contributed by atoms with Crippen LogP contribution in [-0.2, 0) is 0 Å². The predicted octanol–water partition coefficient (Wildman–Crippen LogP) is 8.69. The lowest BCUT2D eigenvalue weighted by Gasteiger charge is -2.04. The summed E-state index contributed by atoms with van der Waals surface area (Å²) in [7, 11) is 0. The highest BCUT2D eigenvalue weighted by molar-refractivity contribution is 6.16.